The number of fused-ring (bicyclic) bond motifs is 3. The molecule has 0 aliphatic carbocycles. The molecule has 0 unspecified atom stereocenters. The molecule has 0 bridgehead atoms. The second-order valence-electron chi connectivity index (χ2n) is 8.32. The van der Waals surface area contributed by atoms with Gasteiger partial charge in [-0.25, -0.2) is 4.79 Å². The van der Waals surface area contributed by atoms with E-state index in [1.54, 1.807) is 14.2 Å². The molecule has 6 nitrogen and oxygen atoms in total. The van der Waals surface area contributed by atoms with E-state index in [9.17, 15) is 4.79 Å². The van der Waals surface area contributed by atoms with Gasteiger partial charge in [-0.3, -0.25) is 0 Å². The zero-order valence-corrected chi connectivity index (χ0v) is 19.0. The lowest BCUT2D eigenvalue weighted by Crippen LogP contribution is -2.43. The molecular formula is C27H27N3O3. The Morgan fingerprint density at radius 1 is 1.03 bits per heavy atom. The van der Waals surface area contributed by atoms with E-state index < -0.39 is 0 Å². The van der Waals surface area contributed by atoms with Crippen molar-refractivity contribution in [1.29, 1.82) is 0 Å². The van der Waals surface area contributed by atoms with E-state index >= 15 is 0 Å². The van der Waals surface area contributed by atoms with Gasteiger partial charge in [-0.1, -0.05) is 36.4 Å². The summed E-state index contributed by atoms with van der Waals surface area (Å²) in [6, 6.07) is 21.6. The fourth-order valence-electron chi connectivity index (χ4n) is 4.70. The van der Waals surface area contributed by atoms with Crippen LogP contribution in [-0.2, 0) is 6.42 Å². The molecule has 1 aromatic heterocycles. The number of aromatic amines is 1. The lowest BCUT2D eigenvalue weighted by atomic mass is 9.92. The maximum atomic E-state index is 13.6. The number of H-pyrrole nitrogens is 1. The van der Waals surface area contributed by atoms with E-state index in [2.05, 4.69) is 28.5 Å². The number of carbonyl (C=O) groups excluding carboxylic acids is 1. The standard InChI is InChI=1S/C27H27N3O3/c1-17-9-12-24(33-3)23(15-17)29-27(31)30-14-13-20-21-16-19(32-2)10-11-22(21)28-25(20)26(30)18-7-5-4-6-8-18/h4-12,15-16,26,28H,13-14H2,1-3H3,(H,29,31)/t26-/m0/s1. The number of urea groups is 1. The number of nitrogens with one attached hydrogen (secondary N) is 2. The molecule has 1 atom stereocenters. The predicted molar refractivity (Wildman–Crippen MR) is 130 cm³/mol. The number of benzene rings is 3. The molecule has 0 spiro atoms. The van der Waals surface area contributed by atoms with Crippen molar-refractivity contribution < 1.29 is 14.3 Å². The number of rotatable bonds is 4. The molecule has 2 N–H and O–H groups in total. The minimum Gasteiger partial charge on any atom is -0.497 e. The van der Waals surface area contributed by atoms with Crippen molar-refractivity contribution in [3.63, 3.8) is 0 Å². The van der Waals surface area contributed by atoms with Crippen LogP contribution in [0, 0.1) is 6.92 Å². The molecule has 0 fully saturated rings. The summed E-state index contributed by atoms with van der Waals surface area (Å²) in [5.41, 5.74) is 6.10. The SMILES string of the molecule is COc1ccc2[nH]c3c(c2c1)CCN(C(=O)Nc1cc(C)ccc1OC)[C@H]3c1ccccc1. The van der Waals surface area contributed by atoms with Crippen LogP contribution in [0.2, 0.25) is 0 Å². The van der Waals surface area contributed by atoms with Crippen LogP contribution < -0.4 is 14.8 Å². The highest BCUT2D eigenvalue weighted by atomic mass is 16.5. The van der Waals surface area contributed by atoms with Gasteiger partial charge in [-0.15, -0.1) is 0 Å². The lowest BCUT2D eigenvalue weighted by Gasteiger charge is -2.36. The van der Waals surface area contributed by atoms with Crippen LogP contribution in [0.25, 0.3) is 10.9 Å². The zero-order chi connectivity index (χ0) is 22.9. The van der Waals surface area contributed by atoms with E-state index in [0.29, 0.717) is 18.0 Å². The zero-order valence-electron chi connectivity index (χ0n) is 19.0. The van der Waals surface area contributed by atoms with Crippen molar-refractivity contribution in [2.24, 2.45) is 0 Å². The number of aryl methyl sites for hydroxylation is 1. The van der Waals surface area contributed by atoms with Gasteiger partial charge >= 0.3 is 6.03 Å². The number of methoxy groups -OCH3 is 2. The molecule has 0 saturated carbocycles. The van der Waals surface area contributed by atoms with E-state index in [4.69, 9.17) is 9.47 Å². The molecule has 4 aromatic rings. The number of anilines is 1. The molecule has 0 saturated heterocycles. The largest absolute Gasteiger partial charge is 0.497 e. The van der Waals surface area contributed by atoms with Crippen LogP contribution in [0.4, 0.5) is 10.5 Å². The number of hydrogen-bond donors (Lipinski definition) is 2. The second-order valence-corrected chi connectivity index (χ2v) is 8.32. The maximum Gasteiger partial charge on any atom is 0.322 e. The molecule has 2 heterocycles. The Hall–Kier alpha value is -3.93. The molecule has 168 valence electrons. The number of ether oxygens (including phenoxy) is 2. The Balaban J connectivity index is 1.57. The summed E-state index contributed by atoms with van der Waals surface area (Å²) in [4.78, 5) is 19.1. The fourth-order valence-corrected chi connectivity index (χ4v) is 4.70. The van der Waals surface area contributed by atoms with E-state index in [-0.39, 0.29) is 12.1 Å². The average molecular weight is 442 g/mol. The van der Waals surface area contributed by atoms with Crippen molar-refractivity contribution in [3.05, 3.63) is 89.1 Å². The van der Waals surface area contributed by atoms with Crippen LogP contribution in [-0.4, -0.2) is 36.7 Å². The molecule has 0 radical (unpaired) electrons. The van der Waals surface area contributed by atoms with E-state index in [1.807, 2.05) is 60.4 Å². The molecule has 1 aliphatic rings. The summed E-state index contributed by atoms with van der Waals surface area (Å²) in [7, 11) is 3.29. The molecule has 5 rings (SSSR count). The number of carbonyl (C=O) groups is 1. The summed E-state index contributed by atoms with van der Waals surface area (Å²) in [6.45, 7) is 2.59. The van der Waals surface area contributed by atoms with Gasteiger partial charge in [0.1, 0.15) is 11.5 Å². The van der Waals surface area contributed by atoms with Crippen molar-refractivity contribution in [2.45, 2.75) is 19.4 Å². The summed E-state index contributed by atoms with van der Waals surface area (Å²) >= 11 is 0. The highest BCUT2D eigenvalue weighted by Gasteiger charge is 2.35. The minimum atomic E-state index is -0.232. The molecule has 2 amide bonds. The first-order valence-corrected chi connectivity index (χ1v) is 11.0. The number of amides is 2. The van der Waals surface area contributed by atoms with Gasteiger partial charge in [0.25, 0.3) is 0 Å². The maximum absolute atomic E-state index is 13.6. The Bertz CT molecular complexity index is 1310. The molecule has 1 aliphatic heterocycles. The summed E-state index contributed by atoms with van der Waals surface area (Å²) < 4.78 is 10.9. The normalized spacial score (nSPS) is 15.2. The van der Waals surface area contributed by atoms with Gasteiger partial charge < -0.3 is 24.7 Å². The monoisotopic (exact) mass is 441 g/mol. The minimum absolute atomic E-state index is 0.158. The smallest absolute Gasteiger partial charge is 0.322 e. The summed E-state index contributed by atoms with van der Waals surface area (Å²) in [5.74, 6) is 1.47. The topological polar surface area (TPSA) is 66.6 Å². The van der Waals surface area contributed by atoms with Crippen molar-refractivity contribution in [3.8, 4) is 11.5 Å². The number of aromatic nitrogens is 1. The van der Waals surface area contributed by atoms with Crippen molar-refractivity contribution in [2.75, 3.05) is 26.1 Å². The van der Waals surface area contributed by atoms with Gasteiger partial charge in [0, 0.05) is 23.1 Å². The van der Waals surface area contributed by atoms with Gasteiger partial charge in [0.2, 0.25) is 0 Å². The first-order valence-electron chi connectivity index (χ1n) is 11.0. The van der Waals surface area contributed by atoms with Gasteiger partial charge in [0.05, 0.1) is 25.9 Å². The second kappa shape index (κ2) is 8.54. The molecule has 3 aromatic carbocycles. The van der Waals surface area contributed by atoms with Gasteiger partial charge in [0.15, 0.2) is 0 Å². The first kappa shape index (κ1) is 20.9. The van der Waals surface area contributed by atoms with Crippen LogP contribution >= 0.6 is 0 Å². The van der Waals surface area contributed by atoms with Crippen LogP contribution in [0.15, 0.2) is 66.7 Å². The Morgan fingerprint density at radius 2 is 1.85 bits per heavy atom. The van der Waals surface area contributed by atoms with Crippen molar-refractivity contribution in [1.82, 2.24) is 9.88 Å². The van der Waals surface area contributed by atoms with Crippen LogP contribution in [0.5, 0.6) is 11.5 Å². The third-order valence-electron chi connectivity index (χ3n) is 6.31. The Morgan fingerprint density at radius 3 is 2.61 bits per heavy atom. The summed E-state index contributed by atoms with van der Waals surface area (Å²) in [6.07, 6.45) is 0.754. The average Bonchev–Trinajstić information content (AvgIpc) is 3.22. The molecule has 6 heteroatoms. The van der Waals surface area contributed by atoms with Crippen LogP contribution in [0.1, 0.15) is 28.4 Å². The Labute approximate surface area is 193 Å². The third-order valence-corrected chi connectivity index (χ3v) is 6.31. The van der Waals surface area contributed by atoms with E-state index in [0.717, 1.165) is 39.9 Å². The van der Waals surface area contributed by atoms with Crippen molar-refractivity contribution >= 4 is 22.6 Å². The lowest BCUT2D eigenvalue weighted by molar-refractivity contribution is 0.193. The highest BCUT2D eigenvalue weighted by Crippen LogP contribution is 2.40. The number of nitrogens with zero attached hydrogens (tertiary/aromatic N) is 1. The fraction of sp³-hybridized carbons (Fsp3) is 0.222. The predicted octanol–water partition coefficient (Wildman–Crippen LogP) is 5.67. The molecule has 33 heavy (non-hydrogen) atoms. The first-order chi connectivity index (χ1) is 16.1. The van der Waals surface area contributed by atoms with Crippen LogP contribution in [0.3, 0.4) is 0 Å². The third kappa shape index (κ3) is 3.78. The van der Waals surface area contributed by atoms with E-state index in [1.165, 1.54) is 5.56 Å². The summed E-state index contributed by atoms with van der Waals surface area (Å²) in [5, 5.41) is 4.23. The van der Waals surface area contributed by atoms with Gasteiger partial charge in [-0.05, 0) is 60.4 Å². The molecular weight excluding hydrogens is 414 g/mol. The quantitative estimate of drug-likeness (QED) is 0.429. The Kier molecular flexibility index (Phi) is 5.42. The van der Waals surface area contributed by atoms with Gasteiger partial charge in [-0.2, -0.15) is 0 Å². The highest BCUT2D eigenvalue weighted by molar-refractivity contribution is 5.93. The number of hydrogen-bond acceptors (Lipinski definition) is 3.